The van der Waals surface area contributed by atoms with Crippen molar-refractivity contribution in [3.8, 4) is 5.75 Å². The lowest BCUT2D eigenvalue weighted by molar-refractivity contribution is -0.117. The van der Waals surface area contributed by atoms with Gasteiger partial charge in [-0.1, -0.05) is 75.7 Å². The van der Waals surface area contributed by atoms with Gasteiger partial charge in [-0.3, -0.25) is 14.5 Å². The maximum absolute atomic E-state index is 13.5. The first-order valence-corrected chi connectivity index (χ1v) is 14.2. The normalized spacial score (nSPS) is 14.2. The zero-order valence-electron chi connectivity index (χ0n) is 23.7. The van der Waals surface area contributed by atoms with Gasteiger partial charge in [0.2, 0.25) is 0 Å². The molecule has 0 radical (unpaired) electrons. The fourth-order valence-electron chi connectivity index (χ4n) is 4.79. The summed E-state index contributed by atoms with van der Waals surface area (Å²) in [6, 6.07) is 22.1. The molecule has 0 aliphatic carbocycles. The largest absolute Gasteiger partial charge is 0.449 e. The highest BCUT2D eigenvalue weighted by Gasteiger charge is 2.30. The summed E-state index contributed by atoms with van der Waals surface area (Å²) < 4.78 is 6.01. The Balaban J connectivity index is 1.43. The van der Waals surface area contributed by atoms with Gasteiger partial charge in [0.1, 0.15) is 0 Å². The van der Waals surface area contributed by atoms with E-state index in [-0.39, 0.29) is 17.6 Å². The number of halogens is 1. The average molecular weight is 560 g/mol. The summed E-state index contributed by atoms with van der Waals surface area (Å²) in [5, 5.41) is 3.69. The van der Waals surface area contributed by atoms with Gasteiger partial charge in [0.15, 0.2) is 11.5 Å². The van der Waals surface area contributed by atoms with E-state index >= 15 is 0 Å². The molecule has 210 valence electrons. The molecular weight excluding hydrogens is 522 g/mol. The van der Waals surface area contributed by atoms with E-state index in [4.69, 9.17) is 16.3 Å². The fraction of sp³-hybridized carbons (Fsp3) is 0.333. The van der Waals surface area contributed by atoms with Crippen LogP contribution in [0.2, 0.25) is 5.02 Å². The first-order valence-electron chi connectivity index (χ1n) is 13.8. The van der Waals surface area contributed by atoms with Crippen molar-refractivity contribution in [2.45, 2.75) is 34.2 Å². The molecule has 2 amide bonds. The minimum atomic E-state index is -0.234. The van der Waals surface area contributed by atoms with Crippen molar-refractivity contribution in [3.05, 3.63) is 100 Å². The van der Waals surface area contributed by atoms with E-state index in [1.807, 2.05) is 60.7 Å². The third kappa shape index (κ3) is 7.96. The van der Waals surface area contributed by atoms with E-state index in [2.05, 4.69) is 37.9 Å². The summed E-state index contributed by atoms with van der Waals surface area (Å²) >= 11 is 6.04. The van der Waals surface area contributed by atoms with Crippen molar-refractivity contribution in [1.82, 2.24) is 10.2 Å². The molecule has 1 aliphatic heterocycles. The number of carbonyl (C=O) groups excluding carboxylic acids is 2. The molecule has 0 saturated heterocycles. The molecule has 1 aliphatic rings. The van der Waals surface area contributed by atoms with E-state index in [1.165, 1.54) is 0 Å². The van der Waals surface area contributed by atoms with Crippen LogP contribution in [0.3, 0.4) is 0 Å². The van der Waals surface area contributed by atoms with E-state index in [9.17, 15) is 9.59 Å². The Morgan fingerprint density at radius 1 is 0.950 bits per heavy atom. The monoisotopic (exact) mass is 559 g/mol. The Morgan fingerprint density at radius 3 is 2.25 bits per heavy atom. The highest BCUT2D eigenvalue weighted by molar-refractivity contribution is 6.30. The molecule has 0 aromatic heterocycles. The van der Waals surface area contributed by atoms with Crippen molar-refractivity contribution in [1.29, 1.82) is 0 Å². The predicted molar refractivity (Wildman–Crippen MR) is 163 cm³/mol. The first-order chi connectivity index (χ1) is 19.2. The molecule has 0 fully saturated rings. The standard InChI is InChI=1S/C33H38ClN3O3/c1-23(2)20-36(21-24(3)4)18-17-35-32(38)27-13-9-25(10-14-27)19-31-33(39)37(22-26-11-15-28(34)16-12-26)29-7-5-6-8-30(29)40-31/h5-16,19,23-24H,17-18,20-22H2,1-4H3,(H,35,38). The van der Waals surface area contributed by atoms with Gasteiger partial charge in [0, 0.05) is 36.8 Å². The van der Waals surface area contributed by atoms with Crippen LogP contribution in [0.1, 0.15) is 49.2 Å². The molecule has 1 heterocycles. The Morgan fingerprint density at radius 2 is 1.60 bits per heavy atom. The number of hydrogen-bond acceptors (Lipinski definition) is 4. The van der Waals surface area contributed by atoms with Crippen LogP contribution in [-0.4, -0.2) is 42.9 Å². The maximum atomic E-state index is 13.5. The lowest BCUT2D eigenvalue weighted by atomic mass is 10.1. The summed E-state index contributed by atoms with van der Waals surface area (Å²) in [4.78, 5) is 30.4. The van der Waals surface area contributed by atoms with Crippen LogP contribution in [0.25, 0.3) is 6.08 Å². The summed E-state index contributed by atoms with van der Waals surface area (Å²) in [7, 11) is 0. The Hall–Kier alpha value is -3.61. The molecule has 6 nitrogen and oxygen atoms in total. The smallest absolute Gasteiger partial charge is 0.294 e. The predicted octanol–water partition coefficient (Wildman–Crippen LogP) is 6.65. The van der Waals surface area contributed by atoms with Gasteiger partial charge in [-0.15, -0.1) is 0 Å². The van der Waals surface area contributed by atoms with Crippen LogP contribution in [0.15, 0.2) is 78.6 Å². The molecule has 0 atom stereocenters. The van der Waals surface area contributed by atoms with E-state index in [1.54, 1.807) is 23.1 Å². The molecular formula is C33H38ClN3O3. The minimum Gasteiger partial charge on any atom is -0.449 e. The van der Waals surface area contributed by atoms with Crippen molar-refractivity contribution < 1.29 is 14.3 Å². The Labute approximate surface area is 242 Å². The van der Waals surface area contributed by atoms with E-state index in [0.29, 0.717) is 46.9 Å². The van der Waals surface area contributed by atoms with Gasteiger partial charge in [-0.25, -0.2) is 0 Å². The molecule has 0 spiro atoms. The number of fused-ring (bicyclic) bond motifs is 1. The van der Waals surface area contributed by atoms with Crippen LogP contribution in [-0.2, 0) is 11.3 Å². The molecule has 4 rings (SSSR count). The van der Waals surface area contributed by atoms with Crippen LogP contribution in [0.5, 0.6) is 5.75 Å². The molecule has 0 bridgehead atoms. The zero-order chi connectivity index (χ0) is 28.6. The molecule has 7 heteroatoms. The second-order valence-corrected chi connectivity index (χ2v) is 11.5. The number of anilines is 1. The van der Waals surface area contributed by atoms with Gasteiger partial charge in [0.05, 0.1) is 12.2 Å². The number of hydrogen-bond donors (Lipinski definition) is 1. The van der Waals surface area contributed by atoms with Gasteiger partial charge in [-0.05, 0) is 65.4 Å². The number of ether oxygens (including phenoxy) is 1. The SMILES string of the molecule is CC(C)CN(CCNC(=O)c1ccc(C=C2Oc3ccccc3N(Cc3ccc(Cl)cc3)C2=O)cc1)CC(C)C. The summed E-state index contributed by atoms with van der Waals surface area (Å²) in [6.45, 7) is 12.7. The van der Waals surface area contributed by atoms with E-state index < -0.39 is 0 Å². The molecule has 0 saturated carbocycles. The van der Waals surface area contributed by atoms with Crippen LogP contribution < -0.4 is 15.0 Å². The quantitative estimate of drug-likeness (QED) is 0.267. The van der Waals surface area contributed by atoms with Gasteiger partial charge in [0.25, 0.3) is 11.8 Å². The summed E-state index contributed by atoms with van der Waals surface area (Å²) in [5.74, 6) is 1.65. The fourth-order valence-corrected chi connectivity index (χ4v) is 4.92. The summed E-state index contributed by atoms with van der Waals surface area (Å²) in [6.07, 6.45) is 1.71. The number of benzene rings is 3. The van der Waals surface area contributed by atoms with Crippen molar-refractivity contribution >= 4 is 35.2 Å². The van der Waals surface area contributed by atoms with Gasteiger partial charge >= 0.3 is 0 Å². The number of amides is 2. The second kappa shape index (κ2) is 13.6. The van der Waals surface area contributed by atoms with Crippen molar-refractivity contribution in [3.63, 3.8) is 0 Å². The van der Waals surface area contributed by atoms with Crippen LogP contribution in [0.4, 0.5) is 5.69 Å². The number of carbonyl (C=O) groups is 2. The average Bonchev–Trinajstić information content (AvgIpc) is 2.91. The van der Waals surface area contributed by atoms with Gasteiger partial charge in [-0.2, -0.15) is 0 Å². The third-order valence-electron chi connectivity index (χ3n) is 6.52. The molecule has 3 aromatic carbocycles. The molecule has 40 heavy (non-hydrogen) atoms. The third-order valence-corrected chi connectivity index (χ3v) is 6.77. The van der Waals surface area contributed by atoms with Gasteiger partial charge < -0.3 is 15.0 Å². The number of rotatable bonds is 11. The number of nitrogens with one attached hydrogen (secondary N) is 1. The lowest BCUT2D eigenvalue weighted by Crippen LogP contribution is -2.38. The number of para-hydroxylation sites is 2. The molecule has 3 aromatic rings. The lowest BCUT2D eigenvalue weighted by Gasteiger charge is -2.30. The maximum Gasteiger partial charge on any atom is 0.294 e. The molecule has 0 unspecified atom stereocenters. The topological polar surface area (TPSA) is 61.9 Å². The van der Waals surface area contributed by atoms with Crippen LogP contribution in [0, 0.1) is 11.8 Å². The zero-order valence-corrected chi connectivity index (χ0v) is 24.4. The summed E-state index contributed by atoms with van der Waals surface area (Å²) in [5.41, 5.74) is 3.02. The van der Waals surface area contributed by atoms with Crippen molar-refractivity contribution in [2.24, 2.45) is 11.8 Å². The number of nitrogens with zero attached hydrogens (tertiary/aromatic N) is 2. The molecule has 1 N–H and O–H groups in total. The minimum absolute atomic E-state index is 0.110. The Bertz CT molecular complexity index is 1320. The Kier molecular flexibility index (Phi) is 10.0. The first kappa shape index (κ1) is 29.4. The highest BCUT2D eigenvalue weighted by atomic mass is 35.5. The highest BCUT2D eigenvalue weighted by Crippen LogP contribution is 2.36. The van der Waals surface area contributed by atoms with Crippen molar-refractivity contribution in [2.75, 3.05) is 31.1 Å². The second-order valence-electron chi connectivity index (χ2n) is 11.0. The van der Waals surface area contributed by atoms with Crippen LogP contribution >= 0.6 is 11.6 Å². The van der Waals surface area contributed by atoms with E-state index in [0.717, 1.165) is 30.8 Å².